The van der Waals surface area contributed by atoms with Crippen LogP contribution in [0.1, 0.15) is 22.7 Å². The van der Waals surface area contributed by atoms with Crippen LogP contribution in [0.5, 0.6) is 5.75 Å². The molecule has 1 aliphatic rings. The standard InChI is InChI=1S/C29H23NO4/c1-18-7-3-6-10-24(18)26-25(27(31)21-12-11-19-8-4-5-9-20(19)17-21)28(32)29(33)30(26)22-13-15-23(34-2)16-14-22/h3-17,26,31H,1-2H3/b27-25+. The second-order valence-corrected chi connectivity index (χ2v) is 8.29. The molecule has 34 heavy (non-hydrogen) atoms. The van der Waals surface area contributed by atoms with Crippen molar-refractivity contribution in [3.8, 4) is 5.75 Å². The van der Waals surface area contributed by atoms with E-state index < -0.39 is 17.7 Å². The van der Waals surface area contributed by atoms with Gasteiger partial charge < -0.3 is 9.84 Å². The van der Waals surface area contributed by atoms with Crippen LogP contribution >= 0.6 is 0 Å². The molecular weight excluding hydrogens is 426 g/mol. The van der Waals surface area contributed by atoms with E-state index in [4.69, 9.17) is 4.74 Å². The third-order valence-corrected chi connectivity index (χ3v) is 6.30. The van der Waals surface area contributed by atoms with Crippen LogP contribution in [-0.2, 0) is 9.59 Å². The highest BCUT2D eigenvalue weighted by molar-refractivity contribution is 6.51. The lowest BCUT2D eigenvalue weighted by Crippen LogP contribution is -2.29. The van der Waals surface area contributed by atoms with E-state index in [-0.39, 0.29) is 11.3 Å². The Morgan fingerprint density at radius 3 is 2.24 bits per heavy atom. The van der Waals surface area contributed by atoms with E-state index in [0.29, 0.717) is 17.0 Å². The first-order chi connectivity index (χ1) is 16.5. The molecule has 0 saturated carbocycles. The molecule has 5 rings (SSSR count). The fourth-order valence-corrected chi connectivity index (χ4v) is 4.52. The minimum Gasteiger partial charge on any atom is -0.507 e. The predicted molar refractivity (Wildman–Crippen MR) is 133 cm³/mol. The number of nitrogens with zero attached hydrogens (tertiary/aromatic N) is 1. The molecule has 0 spiro atoms. The topological polar surface area (TPSA) is 66.8 Å². The highest BCUT2D eigenvalue weighted by Gasteiger charge is 2.47. The van der Waals surface area contributed by atoms with E-state index in [1.54, 1.807) is 37.4 Å². The largest absolute Gasteiger partial charge is 0.507 e. The van der Waals surface area contributed by atoms with E-state index in [2.05, 4.69) is 0 Å². The fourth-order valence-electron chi connectivity index (χ4n) is 4.52. The van der Waals surface area contributed by atoms with Crippen molar-refractivity contribution in [3.63, 3.8) is 0 Å². The third-order valence-electron chi connectivity index (χ3n) is 6.30. The van der Waals surface area contributed by atoms with Crippen LogP contribution < -0.4 is 9.64 Å². The number of carbonyl (C=O) groups is 2. The van der Waals surface area contributed by atoms with Crippen molar-refractivity contribution in [1.82, 2.24) is 0 Å². The molecule has 5 heteroatoms. The molecule has 1 unspecified atom stereocenters. The number of benzene rings is 4. The Morgan fingerprint density at radius 1 is 0.853 bits per heavy atom. The molecule has 1 amide bonds. The van der Waals surface area contributed by atoms with Gasteiger partial charge in [-0.1, -0.05) is 60.7 Å². The number of fused-ring (bicyclic) bond motifs is 1. The van der Waals surface area contributed by atoms with Crippen LogP contribution in [-0.4, -0.2) is 23.9 Å². The molecule has 0 aliphatic carbocycles. The van der Waals surface area contributed by atoms with Crippen LogP contribution in [0.25, 0.3) is 16.5 Å². The van der Waals surface area contributed by atoms with Gasteiger partial charge in [0.25, 0.3) is 11.7 Å². The number of aliphatic hydroxyl groups is 1. The highest BCUT2D eigenvalue weighted by Crippen LogP contribution is 2.43. The van der Waals surface area contributed by atoms with Gasteiger partial charge in [0.2, 0.25) is 0 Å². The van der Waals surface area contributed by atoms with Crippen molar-refractivity contribution in [3.05, 3.63) is 113 Å². The first-order valence-corrected chi connectivity index (χ1v) is 11.0. The first-order valence-electron chi connectivity index (χ1n) is 11.0. The maximum atomic E-state index is 13.4. The molecule has 4 aromatic carbocycles. The van der Waals surface area contributed by atoms with Crippen LogP contribution in [0.2, 0.25) is 0 Å². The number of ketones is 1. The number of carbonyl (C=O) groups excluding carboxylic acids is 2. The summed E-state index contributed by atoms with van der Waals surface area (Å²) in [6.45, 7) is 1.93. The smallest absolute Gasteiger partial charge is 0.300 e. The number of amides is 1. The zero-order valence-electron chi connectivity index (χ0n) is 18.9. The van der Waals surface area contributed by atoms with Gasteiger partial charge in [-0.25, -0.2) is 0 Å². The summed E-state index contributed by atoms with van der Waals surface area (Å²) in [6, 6.07) is 27.1. The van der Waals surface area contributed by atoms with Gasteiger partial charge in [0.05, 0.1) is 18.7 Å². The molecular formula is C29H23NO4. The van der Waals surface area contributed by atoms with Crippen LogP contribution in [0, 0.1) is 6.92 Å². The molecule has 1 fully saturated rings. The molecule has 5 nitrogen and oxygen atoms in total. The van der Waals surface area contributed by atoms with E-state index in [9.17, 15) is 14.7 Å². The van der Waals surface area contributed by atoms with E-state index in [1.807, 2.05) is 67.6 Å². The number of aryl methyl sites for hydroxylation is 1. The van der Waals surface area contributed by atoms with E-state index >= 15 is 0 Å². The van der Waals surface area contributed by atoms with Crippen molar-refractivity contribution >= 4 is 33.9 Å². The molecule has 1 N–H and O–H groups in total. The van der Waals surface area contributed by atoms with Gasteiger partial charge in [0, 0.05) is 11.3 Å². The minimum absolute atomic E-state index is 0.0744. The van der Waals surface area contributed by atoms with Gasteiger partial charge in [-0.3, -0.25) is 14.5 Å². The number of anilines is 1. The van der Waals surface area contributed by atoms with E-state index in [1.165, 1.54) is 4.90 Å². The lowest BCUT2D eigenvalue weighted by atomic mass is 9.92. The van der Waals surface area contributed by atoms with Gasteiger partial charge in [-0.05, 0) is 59.2 Å². The monoisotopic (exact) mass is 449 g/mol. The average molecular weight is 450 g/mol. The summed E-state index contributed by atoms with van der Waals surface area (Å²) >= 11 is 0. The molecule has 0 aromatic heterocycles. The van der Waals surface area contributed by atoms with Gasteiger partial charge in [-0.2, -0.15) is 0 Å². The summed E-state index contributed by atoms with van der Waals surface area (Å²) in [5, 5.41) is 13.4. The summed E-state index contributed by atoms with van der Waals surface area (Å²) in [5.41, 5.74) is 2.81. The Kier molecular flexibility index (Phi) is 5.38. The van der Waals surface area contributed by atoms with Gasteiger partial charge in [0.15, 0.2) is 0 Å². The maximum Gasteiger partial charge on any atom is 0.300 e. The maximum absolute atomic E-state index is 13.4. The molecule has 1 atom stereocenters. The average Bonchev–Trinajstić information content (AvgIpc) is 3.13. The number of hydrogen-bond donors (Lipinski definition) is 1. The summed E-state index contributed by atoms with van der Waals surface area (Å²) in [4.78, 5) is 28.1. The Labute approximate surface area is 197 Å². The first kappa shape index (κ1) is 21.5. The number of rotatable bonds is 4. The summed E-state index contributed by atoms with van der Waals surface area (Å²) < 4.78 is 5.24. The lowest BCUT2D eigenvalue weighted by molar-refractivity contribution is -0.132. The Hall–Kier alpha value is -4.38. The minimum atomic E-state index is -0.763. The number of ether oxygens (including phenoxy) is 1. The highest BCUT2D eigenvalue weighted by atomic mass is 16.5. The third kappa shape index (κ3) is 3.52. The van der Waals surface area contributed by atoms with Gasteiger partial charge in [-0.15, -0.1) is 0 Å². The van der Waals surface area contributed by atoms with E-state index in [0.717, 1.165) is 21.9 Å². The predicted octanol–water partition coefficient (Wildman–Crippen LogP) is 5.78. The van der Waals surface area contributed by atoms with Crippen molar-refractivity contribution in [2.24, 2.45) is 0 Å². The second-order valence-electron chi connectivity index (χ2n) is 8.29. The van der Waals surface area contributed by atoms with Crippen LogP contribution in [0.15, 0.2) is 96.6 Å². The summed E-state index contributed by atoms with van der Waals surface area (Å²) in [5.74, 6) is -0.937. The van der Waals surface area contributed by atoms with Gasteiger partial charge in [0.1, 0.15) is 11.5 Å². The summed E-state index contributed by atoms with van der Waals surface area (Å²) in [6.07, 6.45) is 0. The molecule has 0 bridgehead atoms. The van der Waals surface area contributed by atoms with Crippen LogP contribution in [0.3, 0.4) is 0 Å². The second kappa shape index (κ2) is 8.52. The van der Waals surface area contributed by atoms with Crippen molar-refractivity contribution in [2.75, 3.05) is 12.0 Å². The number of aliphatic hydroxyl groups excluding tert-OH is 1. The Balaban J connectivity index is 1.73. The normalized spacial score (nSPS) is 17.4. The van der Waals surface area contributed by atoms with Crippen molar-refractivity contribution in [1.29, 1.82) is 0 Å². The van der Waals surface area contributed by atoms with Crippen molar-refractivity contribution in [2.45, 2.75) is 13.0 Å². The van der Waals surface area contributed by atoms with Gasteiger partial charge >= 0.3 is 0 Å². The quantitative estimate of drug-likeness (QED) is 0.244. The number of methoxy groups -OCH3 is 1. The molecule has 0 radical (unpaired) electrons. The molecule has 1 aliphatic heterocycles. The Morgan fingerprint density at radius 2 is 1.53 bits per heavy atom. The van der Waals surface area contributed by atoms with Crippen LogP contribution in [0.4, 0.5) is 5.69 Å². The zero-order chi connectivity index (χ0) is 23.8. The SMILES string of the molecule is COc1ccc(N2C(=O)C(=O)/C(=C(/O)c3ccc4ccccc4c3)C2c2ccccc2C)cc1. The number of hydrogen-bond acceptors (Lipinski definition) is 4. The molecule has 4 aromatic rings. The fraction of sp³-hybridized carbons (Fsp3) is 0.103. The molecule has 1 saturated heterocycles. The van der Waals surface area contributed by atoms with Crippen molar-refractivity contribution < 1.29 is 19.4 Å². The lowest BCUT2D eigenvalue weighted by Gasteiger charge is -2.26. The number of Topliss-reactive ketones (excluding diaryl/α,β-unsaturated/α-hetero) is 1. The Bertz CT molecular complexity index is 1450. The molecule has 168 valence electrons. The summed E-state index contributed by atoms with van der Waals surface area (Å²) in [7, 11) is 1.57. The molecule has 1 heterocycles. The zero-order valence-corrected chi connectivity index (χ0v) is 18.9.